The predicted octanol–water partition coefficient (Wildman–Crippen LogP) is 2.78. The second kappa shape index (κ2) is 6.60. The Morgan fingerprint density at radius 2 is 1.77 bits per heavy atom. The molecule has 1 amide bonds. The maximum absolute atomic E-state index is 12.5. The molecule has 114 valence electrons. The Hall–Kier alpha value is -2.36. The molecule has 0 saturated heterocycles. The molecule has 1 aliphatic carbocycles. The van der Waals surface area contributed by atoms with Gasteiger partial charge in [-0.25, -0.2) is 0 Å². The third-order valence-electron chi connectivity index (χ3n) is 4.13. The van der Waals surface area contributed by atoms with Crippen molar-refractivity contribution in [1.29, 1.82) is 0 Å². The number of rotatable bonds is 5. The molecular formula is C18H20N2O2. The lowest BCUT2D eigenvalue weighted by molar-refractivity contribution is -0.122. The molecule has 1 aromatic carbocycles. The zero-order valence-electron chi connectivity index (χ0n) is 12.5. The predicted molar refractivity (Wildman–Crippen MR) is 84.7 cm³/mol. The smallest absolute Gasteiger partial charge is 0.240 e. The van der Waals surface area contributed by atoms with E-state index in [1.165, 1.54) is 12.8 Å². The van der Waals surface area contributed by atoms with Crippen LogP contribution in [0.15, 0.2) is 48.7 Å². The van der Waals surface area contributed by atoms with E-state index in [2.05, 4.69) is 5.32 Å². The first-order valence-corrected chi connectivity index (χ1v) is 7.78. The summed E-state index contributed by atoms with van der Waals surface area (Å²) in [7, 11) is 0. The van der Waals surface area contributed by atoms with Crippen molar-refractivity contribution >= 4 is 11.7 Å². The highest BCUT2D eigenvalue weighted by molar-refractivity contribution is 6.08. The van der Waals surface area contributed by atoms with E-state index in [4.69, 9.17) is 0 Å². The van der Waals surface area contributed by atoms with Crippen LogP contribution in [-0.2, 0) is 11.3 Å². The summed E-state index contributed by atoms with van der Waals surface area (Å²) < 4.78 is 1.72. The Kier molecular flexibility index (Phi) is 4.37. The number of nitrogens with zero attached hydrogens (tertiary/aromatic N) is 1. The summed E-state index contributed by atoms with van der Waals surface area (Å²) in [6.45, 7) is 0.192. The summed E-state index contributed by atoms with van der Waals surface area (Å²) in [5.41, 5.74) is 1.19. The van der Waals surface area contributed by atoms with Crippen molar-refractivity contribution in [3.63, 3.8) is 0 Å². The van der Waals surface area contributed by atoms with Gasteiger partial charge in [0.15, 0.2) is 0 Å². The van der Waals surface area contributed by atoms with Gasteiger partial charge in [0.05, 0.1) is 5.69 Å². The lowest BCUT2D eigenvalue weighted by atomic mass is 10.1. The zero-order valence-corrected chi connectivity index (χ0v) is 12.5. The maximum Gasteiger partial charge on any atom is 0.240 e. The largest absolute Gasteiger partial charge is 0.352 e. The number of benzene rings is 1. The summed E-state index contributed by atoms with van der Waals surface area (Å²) in [6.07, 6.45) is 6.28. The monoisotopic (exact) mass is 296 g/mol. The molecule has 2 aromatic rings. The van der Waals surface area contributed by atoms with Gasteiger partial charge >= 0.3 is 0 Å². The number of nitrogens with one attached hydrogen (secondary N) is 1. The van der Waals surface area contributed by atoms with E-state index in [-0.39, 0.29) is 18.2 Å². The fourth-order valence-electron chi connectivity index (χ4n) is 2.99. The number of hydrogen-bond donors (Lipinski definition) is 1. The number of hydrogen-bond acceptors (Lipinski definition) is 2. The van der Waals surface area contributed by atoms with Crippen molar-refractivity contribution in [2.45, 2.75) is 38.3 Å². The highest BCUT2D eigenvalue weighted by atomic mass is 16.2. The summed E-state index contributed by atoms with van der Waals surface area (Å²) in [5.74, 6) is -0.0792. The van der Waals surface area contributed by atoms with E-state index in [0.29, 0.717) is 17.3 Å². The Labute approximate surface area is 130 Å². The van der Waals surface area contributed by atoms with E-state index in [1.807, 2.05) is 18.2 Å². The number of amides is 1. The van der Waals surface area contributed by atoms with Crippen LogP contribution in [0.4, 0.5) is 0 Å². The quantitative estimate of drug-likeness (QED) is 0.863. The van der Waals surface area contributed by atoms with Crippen LogP contribution < -0.4 is 5.32 Å². The minimum atomic E-state index is -0.0562. The Bertz CT molecular complexity index is 655. The first-order chi connectivity index (χ1) is 10.7. The summed E-state index contributed by atoms with van der Waals surface area (Å²) in [5, 5.41) is 3.05. The van der Waals surface area contributed by atoms with Crippen molar-refractivity contribution in [3.05, 3.63) is 59.9 Å². The van der Waals surface area contributed by atoms with Gasteiger partial charge in [0.25, 0.3) is 0 Å². The lowest BCUT2D eigenvalue weighted by Crippen LogP contribution is -2.35. The molecule has 1 saturated carbocycles. The third-order valence-corrected chi connectivity index (χ3v) is 4.13. The minimum Gasteiger partial charge on any atom is -0.352 e. The van der Waals surface area contributed by atoms with E-state index < -0.39 is 0 Å². The molecule has 1 heterocycles. The Balaban J connectivity index is 1.69. The molecule has 0 spiro atoms. The van der Waals surface area contributed by atoms with Gasteiger partial charge in [-0.3, -0.25) is 9.59 Å². The number of ketones is 1. The van der Waals surface area contributed by atoms with E-state index in [0.717, 1.165) is 12.8 Å². The Morgan fingerprint density at radius 1 is 1.05 bits per heavy atom. The normalized spacial score (nSPS) is 14.9. The standard InChI is InChI=1S/C18H20N2O2/c21-17(19-15-9-4-5-10-15)13-20-12-6-11-16(20)18(22)14-7-2-1-3-8-14/h1-3,6-8,11-12,15H,4-5,9-10,13H2,(H,19,21). The van der Waals surface area contributed by atoms with Gasteiger partial charge in [0.2, 0.25) is 11.7 Å². The molecule has 1 fully saturated rings. The molecule has 1 aliphatic rings. The van der Waals surface area contributed by atoms with Gasteiger partial charge in [-0.15, -0.1) is 0 Å². The molecule has 0 aliphatic heterocycles. The van der Waals surface area contributed by atoms with Crippen LogP contribution in [0.3, 0.4) is 0 Å². The first kappa shape index (κ1) is 14.6. The van der Waals surface area contributed by atoms with E-state index >= 15 is 0 Å². The van der Waals surface area contributed by atoms with Gasteiger partial charge in [0, 0.05) is 17.8 Å². The fourth-order valence-corrected chi connectivity index (χ4v) is 2.99. The lowest BCUT2D eigenvalue weighted by Gasteiger charge is -2.13. The van der Waals surface area contributed by atoms with Gasteiger partial charge in [-0.05, 0) is 25.0 Å². The van der Waals surface area contributed by atoms with Crippen LogP contribution in [0.2, 0.25) is 0 Å². The van der Waals surface area contributed by atoms with E-state index in [1.54, 1.807) is 35.0 Å². The van der Waals surface area contributed by atoms with Crippen molar-refractivity contribution in [3.8, 4) is 0 Å². The number of aromatic nitrogens is 1. The summed E-state index contributed by atoms with van der Waals surface area (Å²) >= 11 is 0. The van der Waals surface area contributed by atoms with E-state index in [9.17, 15) is 9.59 Å². The van der Waals surface area contributed by atoms with Crippen LogP contribution >= 0.6 is 0 Å². The van der Waals surface area contributed by atoms with Crippen molar-refractivity contribution in [2.24, 2.45) is 0 Å². The van der Waals surface area contributed by atoms with Crippen molar-refractivity contribution in [1.82, 2.24) is 9.88 Å². The van der Waals surface area contributed by atoms with Gasteiger partial charge in [-0.2, -0.15) is 0 Å². The second-order valence-electron chi connectivity index (χ2n) is 5.77. The van der Waals surface area contributed by atoms with Crippen LogP contribution in [-0.4, -0.2) is 22.3 Å². The number of carbonyl (C=O) groups excluding carboxylic acids is 2. The topological polar surface area (TPSA) is 51.1 Å². The van der Waals surface area contributed by atoms with Gasteiger partial charge < -0.3 is 9.88 Å². The average molecular weight is 296 g/mol. The molecule has 3 rings (SSSR count). The van der Waals surface area contributed by atoms with Crippen molar-refractivity contribution in [2.75, 3.05) is 0 Å². The van der Waals surface area contributed by atoms with Crippen LogP contribution in [0.5, 0.6) is 0 Å². The SMILES string of the molecule is O=C(Cn1cccc1C(=O)c1ccccc1)NC1CCCC1. The average Bonchev–Trinajstić information content (AvgIpc) is 3.19. The molecule has 0 radical (unpaired) electrons. The zero-order chi connectivity index (χ0) is 15.4. The summed E-state index contributed by atoms with van der Waals surface area (Å²) in [4.78, 5) is 24.6. The highest BCUT2D eigenvalue weighted by Gasteiger charge is 2.19. The molecule has 1 N–H and O–H groups in total. The molecule has 0 atom stereocenters. The second-order valence-corrected chi connectivity index (χ2v) is 5.77. The molecule has 0 unspecified atom stereocenters. The molecular weight excluding hydrogens is 276 g/mol. The van der Waals surface area contributed by atoms with Crippen LogP contribution in [0.25, 0.3) is 0 Å². The van der Waals surface area contributed by atoms with Gasteiger partial charge in [-0.1, -0.05) is 43.2 Å². The minimum absolute atomic E-state index is 0.0230. The Morgan fingerprint density at radius 3 is 2.50 bits per heavy atom. The summed E-state index contributed by atoms with van der Waals surface area (Å²) in [6, 6.07) is 13.0. The molecule has 0 bridgehead atoms. The van der Waals surface area contributed by atoms with Gasteiger partial charge in [0.1, 0.15) is 6.54 Å². The molecule has 1 aromatic heterocycles. The third kappa shape index (κ3) is 3.27. The molecule has 4 nitrogen and oxygen atoms in total. The van der Waals surface area contributed by atoms with Crippen LogP contribution in [0, 0.1) is 0 Å². The molecule has 22 heavy (non-hydrogen) atoms. The van der Waals surface area contributed by atoms with Crippen molar-refractivity contribution < 1.29 is 9.59 Å². The highest BCUT2D eigenvalue weighted by Crippen LogP contribution is 2.17. The first-order valence-electron chi connectivity index (χ1n) is 7.78. The van der Waals surface area contributed by atoms with Crippen LogP contribution in [0.1, 0.15) is 41.7 Å². The molecule has 4 heteroatoms. The maximum atomic E-state index is 12.5. The fraction of sp³-hybridized carbons (Fsp3) is 0.333. The number of carbonyl (C=O) groups is 2.